The molecule has 0 saturated heterocycles. The second kappa shape index (κ2) is 11.3. The van der Waals surface area contributed by atoms with Crippen molar-refractivity contribution in [1.82, 2.24) is 5.32 Å². The minimum atomic E-state index is 0.631. The molecule has 1 nitrogen and oxygen atoms in total. The third-order valence-electron chi connectivity index (χ3n) is 5.22. The summed E-state index contributed by atoms with van der Waals surface area (Å²) in [5.41, 5.74) is 0. The quantitative estimate of drug-likeness (QED) is 0.366. The van der Waals surface area contributed by atoms with Crippen LogP contribution >= 0.6 is 0 Å². The van der Waals surface area contributed by atoms with E-state index in [0.29, 0.717) is 6.04 Å². The summed E-state index contributed by atoms with van der Waals surface area (Å²) in [4.78, 5) is 0. The van der Waals surface area contributed by atoms with Crippen LogP contribution in [-0.2, 0) is 0 Å². The van der Waals surface area contributed by atoms with Crippen molar-refractivity contribution >= 4 is 0 Å². The van der Waals surface area contributed by atoms with Gasteiger partial charge < -0.3 is 5.32 Å². The molecular formula is C20H39N. The van der Waals surface area contributed by atoms with Crippen LogP contribution in [0.2, 0.25) is 0 Å². The summed E-state index contributed by atoms with van der Waals surface area (Å²) in [7, 11) is 0. The summed E-state index contributed by atoms with van der Waals surface area (Å²) >= 11 is 0. The van der Waals surface area contributed by atoms with Gasteiger partial charge in [-0.3, -0.25) is 0 Å². The highest BCUT2D eigenvalue weighted by Crippen LogP contribution is 2.38. The maximum absolute atomic E-state index is 3.82. The summed E-state index contributed by atoms with van der Waals surface area (Å²) in [5, 5.41) is 3.69. The van der Waals surface area contributed by atoms with Crippen molar-refractivity contribution in [2.24, 2.45) is 17.8 Å². The molecule has 0 spiro atoms. The third-order valence-corrected chi connectivity index (χ3v) is 5.22. The molecule has 1 N–H and O–H groups in total. The minimum absolute atomic E-state index is 0.631. The fourth-order valence-corrected chi connectivity index (χ4v) is 3.98. The Hall–Kier alpha value is -0.300. The third kappa shape index (κ3) is 8.04. The Labute approximate surface area is 134 Å². The van der Waals surface area contributed by atoms with E-state index in [-0.39, 0.29) is 0 Å². The molecular weight excluding hydrogens is 254 g/mol. The highest BCUT2D eigenvalue weighted by molar-refractivity contribution is 4.82. The van der Waals surface area contributed by atoms with Gasteiger partial charge >= 0.3 is 0 Å². The van der Waals surface area contributed by atoms with E-state index in [0.717, 1.165) is 17.8 Å². The zero-order chi connectivity index (χ0) is 15.5. The molecule has 1 heteroatoms. The van der Waals surface area contributed by atoms with E-state index in [1.165, 1.54) is 70.8 Å². The van der Waals surface area contributed by atoms with Crippen LogP contribution in [0.3, 0.4) is 0 Å². The van der Waals surface area contributed by atoms with E-state index in [1.807, 2.05) is 0 Å². The first-order chi connectivity index (χ1) is 10.2. The normalized spacial score (nSPS) is 26.2. The van der Waals surface area contributed by atoms with Gasteiger partial charge in [-0.05, 0) is 50.0 Å². The number of unbranched alkanes of at least 4 members (excludes halogenated alkanes) is 3. The zero-order valence-electron chi connectivity index (χ0n) is 14.9. The molecule has 1 aliphatic rings. The predicted octanol–water partition coefficient (Wildman–Crippen LogP) is 5.95. The molecule has 0 heterocycles. The van der Waals surface area contributed by atoms with Crippen molar-refractivity contribution in [3.63, 3.8) is 0 Å². The number of allylic oxidation sites excluding steroid dienone is 1. The fourth-order valence-electron chi connectivity index (χ4n) is 3.98. The van der Waals surface area contributed by atoms with Crippen molar-refractivity contribution in [2.45, 2.75) is 91.0 Å². The van der Waals surface area contributed by atoms with Gasteiger partial charge in [-0.2, -0.15) is 0 Å². The van der Waals surface area contributed by atoms with Gasteiger partial charge in [0.15, 0.2) is 0 Å². The second-order valence-corrected chi connectivity index (χ2v) is 7.48. The second-order valence-electron chi connectivity index (χ2n) is 7.48. The Morgan fingerprint density at radius 2 is 1.90 bits per heavy atom. The molecule has 0 aromatic heterocycles. The zero-order valence-corrected chi connectivity index (χ0v) is 14.9. The average molecular weight is 294 g/mol. The molecule has 1 fully saturated rings. The van der Waals surface area contributed by atoms with E-state index in [4.69, 9.17) is 0 Å². The lowest BCUT2D eigenvalue weighted by Crippen LogP contribution is -2.36. The predicted molar refractivity (Wildman–Crippen MR) is 95.6 cm³/mol. The summed E-state index contributed by atoms with van der Waals surface area (Å²) in [6.07, 6.45) is 16.1. The highest BCUT2D eigenvalue weighted by atomic mass is 14.9. The first kappa shape index (κ1) is 18.7. The van der Waals surface area contributed by atoms with Crippen molar-refractivity contribution < 1.29 is 0 Å². The van der Waals surface area contributed by atoms with Crippen LogP contribution in [0.4, 0.5) is 0 Å². The smallest absolute Gasteiger partial charge is 0.00104 e. The Kier molecular flexibility index (Phi) is 10.1. The van der Waals surface area contributed by atoms with Gasteiger partial charge in [0.2, 0.25) is 0 Å². The van der Waals surface area contributed by atoms with Gasteiger partial charge in [-0.15, -0.1) is 6.58 Å². The molecule has 0 radical (unpaired) electrons. The van der Waals surface area contributed by atoms with Gasteiger partial charge in [0, 0.05) is 6.04 Å². The summed E-state index contributed by atoms with van der Waals surface area (Å²) in [6, 6.07) is 0.631. The number of hydrogen-bond donors (Lipinski definition) is 1. The average Bonchev–Trinajstić information content (AvgIpc) is 2.46. The van der Waals surface area contributed by atoms with Crippen LogP contribution in [0.25, 0.3) is 0 Å². The van der Waals surface area contributed by atoms with Crippen LogP contribution in [0.15, 0.2) is 12.7 Å². The first-order valence-electron chi connectivity index (χ1n) is 9.51. The van der Waals surface area contributed by atoms with Crippen LogP contribution in [0, 0.1) is 17.8 Å². The van der Waals surface area contributed by atoms with Crippen molar-refractivity contribution in [1.29, 1.82) is 0 Å². The summed E-state index contributed by atoms with van der Waals surface area (Å²) in [5.74, 6) is 2.92. The molecule has 0 bridgehead atoms. The van der Waals surface area contributed by atoms with E-state index >= 15 is 0 Å². The monoisotopic (exact) mass is 293 g/mol. The SMILES string of the molecule is C=CCCCCCC1CC(CCC)CCC1CNC(C)C. The van der Waals surface area contributed by atoms with Crippen molar-refractivity contribution in [2.75, 3.05) is 6.54 Å². The van der Waals surface area contributed by atoms with E-state index in [1.54, 1.807) is 0 Å². The number of nitrogens with one attached hydrogen (secondary N) is 1. The van der Waals surface area contributed by atoms with E-state index in [9.17, 15) is 0 Å². The van der Waals surface area contributed by atoms with Gasteiger partial charge in [0.05, 0.1) is 0 Å². The van der Waals surface area contributed by atoms with Gasteiger partial charge in [0.1, 0.15) is 0 Å². The topological polar surface area (TPSA) is 12.0 Å². The lowest BCUT2D eigenvalue weighted by molar-refractivity contribution is 0.154. The summed E-state index contributed by atoms with van der Waals surface area (Å²) < 4.78 is 0. The molecule has 1 aliphatic carbocycles. The van der Waals surface area contributed by atoms with Gasteiger partial charge in [-0.1, -0.05) is 65.4 Å². The molecule has 0 aromatic rings. The molecule has 1 saturated carbocycles. The highest BCUT2D eigenvalue weighted by Gasteiger charge is 2.29. The van der Waals surface area contributed by atoms with Gasteiger partial charge in [0.25, 0.3) is 0 Å². The fraction of sp³-hybridized carbons (Fsp3) is 0.900. The van der Waals surface area contributed by atoms with E-state index < -0.39 is 0 Å². The molecule has 3 unspecified atom stereocenters. The Balaban J connectivity index is 2.37. The Bertz CT molecular complexity index is 259. The van der Waals surface area contributed by atoms with Gasteiger partial charge in [-0.25, -0.2) is 0 Å². The molecule has 3 atom stereocenters. The van der Waals surface area contributed by atoms with E-state index in [2.05, 4.69) is 38.7 Å². The first-order valence-corrected chi connectivity index (χ1v) is 9.51. The van der Waals surface area contributed by atoms with Crippen LogP contribution < -0.4 is 5.32 Å². The number of hydrogen-bond acceptors (Lipinski definition) is 1. The lowest BCUT2D eigenvalue weighted by atomic mass is 9.71. The Morgan fingerprint density at radius 3 is 2.57 bits per heavy atom. The van der Waals surface area contributed by atoms with Crippen LogP contribution in [-0.4, -0.2) is 12.6 Å². The molecule has 124 valence electrons. The maximum Gasteiger partial charge on any atom is 0.00104 e. The van der Waals surface area contributed by atoms with Crippen molar-refractivity contribution in [3.8, 4) is 0 Å². The van der Waals surface area contributed by atoms with Crippen LogP contribution in [0.5, 0.6) is 0 Å². The molecule has 0 aromatic carbocycles. The summed E-state index contributed by atoms with van der Waals surface area (Å²) in [6.45, 7) is 12.0. The standard InChI is InChI=1S/C20H39N/c1-5-7-8-9-10-12-19-15-18(11-6-2)13-14-20(19)16-21-17(3)4/h5,17-21H,1,6-16H2,2-4H3. The van der Waals surface area contributed by atoms with Crippen molar-refractivity contribution in [3.05, 3.63) is 12.7 Å². The van der Waals surface area contributed by atoms with Crippen LogP contribution in [0.1, 0.15) is 85.0 Å². The lowest BCUT2D eigenvalue weighted by Gasteiger charge is -2.37. The minimum Gasteiger partial charge on any atom is -0.314 e. The molecule has 0 aliphatic heterocycles. The number of rotatable bonds is 11. The Morgan fingerprint density at radius 1 is 1.10 bits per heavy atom. The molecule has 0 amide bonds. The molecule has 1 rings (SSSR count). The maximum atomic E-state index is 3.82. The molecule has 21 heavy (non-hydrogen) atoms. The largest absolute Gasteiger partial charge is 0.314 e.